The van der Waals surface area contributed by atoms with Gasteiger partial charge in [-0.1, -0.05) is 20.4 Å². The predicted octanol–water partition coefficient (Wildman–Crippen LogP) is -0.508. The Kier molecular flexibility index (Phi) is 2.15. The minimum atomic E-state index is -1.39. The first-order valence-electron chi connectivity index (χ1n) is 3.93. The Bertz CT molecular complexity index is 277. The molecule has 13 heavy (non-hydrogen) atoms. The average molecular weight is 183 g/mol. The van der Waals surface area contributed by atoms with Crippen LogP contribution in [-0.4, -0.2) is 18.5 Å². The molecule has 0 aromatic heterocycles. The van der Waals surface area contributed by atoms with Crippen molar-refractivity contribution in [3.63, 3.8) is 0 Å². The molecule has 72 valence electrons. The topological polar surface area (TPSA) is 66.4 Å². The fourth-order valence-corrected chi connectivity index (χ4v) is 1.47. The van der Waals surface area contributed by atoms with Crippen LogP contribution in [0.4, 0.5) is 0 Å². The summed E-state index contributed by atoms with van der Waals surface area (Å²) in [5.41, 5.74) is -0.707. The highest BCUT2D eigenvalue weighted by molar-refractivity contribution is 5.93. The van der Waals surface area contributed by atoms with E-state index in [4.69, 9.17) is 4.74 Å². The van der Waals surface area contributed by atoms with Crippen molar-refractivity contribution in [1.82, 2.24) is 0 Å². The normalized spacial score (nSPS) is 25.4. The molecule has 1 fully saturated rings. The van der Waals surface area contributed by atoms with Crippen molar-refractivity contribution < 1.29 is 19.4 Å². The summed E-state index contributed by atoms with van der Waals surface area (Å²) in [6.07, 6.45) is 0. The second-order valence-electron chi connectivity index (χ2n) is 3.84. The van der Waals surface area contributed by atoms with E-state index in [1.807, 2.05) is 0 Å². The van der Waals surface area contributed by atoms with E-state index in [2.05, 4.69) is 6.58 Å². The van der Waals surface area contributed by atoms with Gasteiger partial charge in [-0.15, -0.1) is 0 Å². The summed E-state index contributed by atoms with van der Waals surface area (Å²) in [7, 11) is 0. The molecule has 0 aromatic carbocycles. The fraction of sp³-hybridized carbons (Fsp3) is 0.556. The number of carboxylic acids is 1. The first-order valence-corrected chi connectivity index (χ1v) is 3.93. The smallest absolute Gasteiger partial charge is 0.314 e. The lowest BCUT2D eigenvalue weighted by Crippen LogP contribution is -2.35. The highest BCUT2D eigenvalue weighted by Gasteiger charge is 2.45. The summed E-state index contributed by atoms with van der Waals surface area (Å²) in [5.74, 6) is -2.70. The maximum Gasteiger partial charge on any atom is 0.314 e. The van der Waals surface area contributed by atoms with E-state index in [0.717, 1.165) is 0 Å². The number of aliphatic carboxylic acids is 1. The molecule has 1 saturated heterocycles. The van der Waals surface area contributed by atoms with Crippen molar-refractivity contribution in [3.8, 4) is 0 Å². The Morgan fingerprint density at radius 2 is 2.23 bits per heavy atom. The van der Waals surface area contributed by atoms with Crippen molar-refractivity contribution in [2.75, 3.05) is 6.61 Å². The molecule has 1 atom stereocenters. The lowest BCUT2D eigenvalue weighted by Gasteiger charge is -2.23. The molecule has 0 amide bonds. The zero-order valence-corrected chi connectivity index (χ0v) is 7.62. The number of hydrogen-bond donors (Lipinski definition) is 0. The zero-order valence-electron chi connectivity index (χ0n) is 7.62. The van der Waals surface area contributed by atoms with Crippen LogP contribution in [0.1, 0.15) is 13.8 Å². The van der Waals surface area contributed by atoms with Crippen LogP contribution >= 0.6 is 0 Å². The maximum atomic E-state index is 11.2. The van der Waals surface area contributed by atoms with E-state index in [1.54, 1.807) is 13.8 Å². The van der Waals surface area contributed by atoms with E-state index >= 15 is 0 Å². The highest BCUT2D eigenvalue weighted by Crippen LogP contribution is 2.38. The average Bonchev–Trinajstić information content (AvgIpc) is 2.25. The monoisotopic (exact) mass is 183 g/mol. The third-order valence-corrected chi connectivity index (χ3v) is 2.21. The molecule has 0 aliphatic carbocycles. The van der Waals surface area contributed by atoms with Gasteiger partial charge in [0.25, 0.3) is 0 Å². The minimum Gasteiger partial charge on any atom is -0.545 e. The van der Waals surface area contributed by atoms with Gasteiger partial charge in [-0.05, 0) is 5.57 Å². The molecule has 0 aromatic rings. The number of carbonyl (C=O) groups is 2. The summed E-state index contributed by atoms with van der Waals surface area (Å²) in [6, 6.07) is 0. The molecule has 0 saturated carbocycles. The zero-order chi connectivity index (χ0) is 10.2. The molecule has 0 N–H and O–H groups in total. The summed E-state index contributed by atoms with van der Waals surface area (Å²) in [4.78, 5) is 21.7. The van der Waals surface area contributed by atoms with Crippen LogP contribution < -0.4 is 5.11 Å². The second-order valence-corrected chi connectivity index (χ2v) is 3.84. The van der Waals surface area contributed by atoms with Crippen LogP contribution in [0, 0.1) is 11.3 Å². The summed E-state index contributed by atoms with van der Waals surface area (Å²) >= 11 is 0. The van der Waals surface area contributed by atoms with Gasteiger partial charge in [0, 0.05) is 5.41 Å². The molecule has 0 unspecified atom stereocenters. The van der Waals surface area contributed by atoms with Crippen molar-refractivity contribution in [2.24, 2.45) is 11.3 Å². The summed E-state index contributed by atoms with van der Waals surface area (Å²) < 4.78 is 4.76. The van der Waals surface area contributed by atoms with Crippen LogP contribution in [0.3, 0.4) is 0 Å². The molecule has 1 aliphatic rings. The standard InChI is InChI=1S/C9H12O4/c1-5(7(10)11)6-8(12)13-4-9(6,2)3/h6H,1,4H2,2-3H3,(H,10,11)/p-1/t6-/m0/s1. The van der Waals surface area contributed by atoms with Crippen LogP contribution in [0.25, 0.3) is 0 Å². The summed E-state index contributed by atoms with van der Waals surface area (Å²) in [6.45, 7) is 7.07. The number of carboxylic acid groups (broad SMARTS) is 1. The number of ether oxygens (including phenoxy) is 1. The van der Waals surface area contributed by atoms with E-state index < -0.39 is 23.3 Å². The van der Waals surface area contributed by atoms with Gasteiger partial charge >= 0.3 is 5.97 Å². The Balaban J connectivity index is 2.95. The molecular weight excluding hydrogens is 172 g/mol. The maximum absolute atomic E-state index is 11.2. The van der Waals surface area contributed by atoms with Gasteiger partial charge in [-0.2, -0.15) is 0 Å². The van der Waals surface area contributed by atoms with E-state index in [9.17, 15) is 14.7 Å². The van der Waals surface area contributed by atoms with E-state index in [-0.39, 0.29) is 12.2 Å². The fourth-order valence-electron chi connectivity index (χ4n) is 1.47. The number of esters is 1. The third kappa shape index (κ3) is 1.56. The first-order chi connectivity index (χ1) is 5.86. The Morgan fingerprint density at radius 1 is 1.69 bits per heavy atom. The van der Waals surface area contributed by atoms with E-state index in [0.29, 0.717) is 0 Å². The van der Waals surface area contributed by atoms with Gasteiger partial charge in [0.05, 0.1) is 18.5 Å². The molecule has 4 nitrogen and oxygen atoms in total. The first kappa shape index (κ1) is 9.77. The predicted molar refractivity (Wildman–Crippen MR) is 42.4 cm³/mol. The molecule has 0 spiro atoms. The molecule has 1 rings (SSSR count). The minimum absolute atomic E-state index is 0.201. The van der Waals surface area contributed by atoms with Crippen LogP contribution in [-0.2, 0) is 14.3 Å². The number of cyclic esters (lactones) is 1. The van der Waals surface area contributed by atoms with Crippen LogP contribution in [0.15, 0.2) is 12.2 Å². The molecule has 1 aliphatic heterocycles. The van der Waals surface area contributed by atoms with Gasteiger partial charge in [-0.25, -0.2) is 0 Å². The lowest BCUT2D eigenvalue weighted by atomic mass is 9.77. The molecule has 0 bridgehead atoms. The van der Waals surface area contributed by atoms with Crippen molar-refractivity contribution in [2.45, 2.75) is 13.8 Å². The Morgan fingerprint density at radius 3 is 2.54 bits per heavy atom. The van der Waals surface area contributed by atoms with Gasteiger partial charge < -0.3 is 14.6 Å². The van der Waals surface area contributed by atoms with Gasteiger partial charge in [0.15, 0.2) is 0 Å². The van der Waals surface area contributed by atoms with Crippen molar-refractivity contribution in [1.29, 1.82) is 0 Å². The third-order valence-electron chi connectivity index (χ3n) is 2.21. The number of hydrogen-bond acceptors (Lipinski definition) is 4. The van der Waals surface area contributed by atoms with E-state index in [1.165, 1.54) is 0 Å². The van der Waals surface area contributed by atoms with Crippen LogP contribution in [0.2, 0.25) is 0 Å². The number of rotatable bonds is 2. The van der Waals surface area contributed by atoms with Gasteiger partial charge in [-0.3, -0.25) is 4.79 Å². The Hall–Kier alpha value is -1.32. The largest absolute Gasteiger partial charge is 0.545 e. The highest BCUT2D eigenvalue weighted by atomic mass is 16.5. The Labute approximate surface area is 76.2 Å². The number of carbonyl (C=O) groups excluding carboxylic acids is 2. The molecule has 4 heteroatoms. The molecule has 0 radical (unpaired) electrons. The molecule has 1 heterocycles. The van der Waals surface area contributed by atoms with Crippen molar-refractivity contribution >= 4 is 11.9 Å². The van der Waals surface area contributed by atoms with Crippen molar-refractivity contribution in [3.05, 3.63) is 12.2 Å². The SMILES string of the molecule is C=C(C(=O)[O-])[C@H]1C(=O)OCC1(C)C. The van der Waals surface area contributed by atoms with Gasteiger partial charge in [0.2, 0.25) is 0 Å². The van der Waals surface area contributed by atoms with Crippen LogP contribution in [0.5, 0.6) is 0 Å². The second kappa shape index (κ2) is 2.87. The van der Waals surface area contributed by atoms with Gasteiger partial charge in [0.1, 0.15) is 0 Å². The summed E-state index contributed by atoms with van der Waals surface area (Å²) in [5, 5.41) is 10.5. The quantitative estimate of drug-likeness (QED) is 0.427. The molecular formula is C9H11O4-. The lowest BCUT2D eigenvalue weighted by molar-refractivity contribution is -0.300.